The highest BCUT2D eigenvalue weighted by atomic mass is 14.2. The fourth-order valence-electron chi connectivity index (χ4n) is 3.22. The molecule has 0 rings (SSSR count). The Hall–Kier alpha value is 0. The van der Waals surface area contributed by atoms with Crippen molar-refractivity contribution in [3.05, 3.63) is 0 Å². The standard InChI is InChI=1S/C20H42/c1-6-9-12-18(4)13-11-14-19(5)16-17-20(8-3)15-10-7-2/h18-20H,6-17H2,1-5H3. The van der Waals surface area contributed by atoms with Crippen LogP contribution in [0, 0.1) is 17.8 Å². The molecule has 0 fully saturated rings. The average Bonchev–Trinajstić information content (AvgIpc) is 2.45. The molecule has 0 aliphatic heterocycles. The molecule has 0 N–H and O–H groups in total. The molecule has 0 nitrogen and oxygen atoms in total. The molecule has 3 atom stereocenters. The molecular weight excluding hydrogens is 240 g/mol. The summed E-state index contributed by atoms with van der Waals surface area (Å²) in [6, 6.07) is 0. The van der Waals surface area contributed by atoms with Gasteiger partial charge in [0.1, 0.15) is 0 Å². The van der Waals surface area contributed by atoms with Crippen LogP contribution in [-0.4, -0.2) is 0 Å². The zero-order valence-corrected chi connectivity index (χ0v) is 15.2. The van der Waals surface area contributed by atoms with Crippen LogP contribution >= 0.6 is 0 Å². The van der Waals surface area contributed by atoms with Crippen LogP contribution in [0.4, 0.5) is 0 Å². The Morgan fingerprint density at radius 3 is 1.60 bits per heavy atom. The minimum Gasteiger partial charge on any atom is -0.0654 e. The third kappa shape index (κ3) is 11.8. The van der Waals surface area contributed by atoms with Crippen molar-refractivity contribution in [1.29, 1.82) is 0 Å². The molecule has 0 saturated carbocycles. The molecule has 0 aromatic heterocycles. The average molecular weight is 283 g/mol. The first-order valence-corrected chi connectivity index (χ1v) is 9.63. The Labute approximate surface area is 130 Å². The van der Waals surface area contributed by atoms with Gasteiger partial charge in [0, 0.05) is 0 Å². The van der Waals surface area contributed by atoms with E-state index >= 15 is 0 Å². The molecule has 0 aliphatic rings. The molecule has 0 bridgehead atoms. The Kier molecular flexibility index (Phi) is 14.0. The number of hydrogen-bond donors (Lipinski definition) is 0. The van der Waals surface area contributed by atoms with Crippen LogP contribution in [0.1, 0.15) is 112 Å². The molecule has 0 amide bonds. The van der Waals surface area contributed by atoms with Gasteiger partial charge in [0.25, 0.3) is 0 Å². The Morgan fingerprint density at radius 2 is 1.05 bits per heavy atom. The van der Waals surface area contributed by atoms with Gasteiger partial charge in [-0.1, -0.05) is 112 Å². The van der Waals surface area contributed by atoms with Crippen molar-refractivity contribution in [2.24, 2.45) is 17.8 Å². The summed E-state index contributed by atoms with van der Waals surface area (Å²) >= 11 is 0. The van der Waals surface area contributed by atoms with Gasteiger partial charge in [-0.2, -0.15) is 0 Å². The van der Waals surface area contributed by atoms with Crippen LogP contribution in [0.2, 0.25) is 0 Å². The van der Waals surface area contributed by atoms with Crippen molar-refractivity contribution < 1.29 is 0 Å². The van der Waals surface area contributed by atoms with E-state index in [0.717, 1.165) is 17.8 Å². The van der Waals surface area contributed by atoms with E-state index < -0.39 is 0 Å². The second-order valence-corrected chi connectivity index (χ2v) is 7.28. The van der Waals surface area contributed by atoms with Crippen LogP contribution in [-0.2, 0) is 0 Å². The van der Waals surface area contributed by atoms with Crippen molar-refractivity contribution in [3.8, 4) is 0 Å². The van der Waals surface area contributed by atoms with Gasteiger partial charge in [-0.25, -0.2) is 0 Å². The smallest absolute Gasteiger partial charge is 0.0417 e. The lowest BCUT2D eigenvalue weighted by molar-refractivity contribution is 0.347. The van der Waals surface area contributed by atoms with Crippen molar-refractivity contribution in [1.82, 2.24) is 0 Å². The van der Waals surface area contributed by atoms with Crippen LogP contribution in [0.3, 0.4) is 0 Å². The van der Waals surface area contributed by atoms with Gasteiger partial charge in [-0.15, -0.1) is 0 Å². The molecule has 0 spiro atoms. The second-order valence-electron chi connectivity index (χ2n) is 7.28. The van der Waals surface area contributed by atoms with E-state index in [1.807, 2.05) is 0 Å². The van der Waals surface area contributed by atoms with Gasteiger partial charge in [0.15, 0.2) is 0 Å². The molecule has 122 valence electrons. The second kappa shape index (κ2) is 14.0. The maximum absolute atomic E-state index is 2.48. The number of hydrogen-bond acceptors (Lipinski definition) is 0. The number of rotatable bonds is 14. The molecule has 0 aliphatic carbocycles. The Balaban J connectivity index is 3.58. The van der Waals surface area contributed by atoms with E-state index in [-0.39, 0.29) is 0 Å². The quantitative estimate of drug-likeness (QED) is 0.307. The highest BCUT2D eigenvalue weighted by Gasteiger charge is 2.10. The largest absolute Gasteiger partial charge is 0.0654 e. The Bertz CT molecular complexity index is 184. The highest BCUT2D eigenvalue weighted by molar-refractivity contribution is 4.63. The topological polar surface area (TPSA) is 0 Å². The van der Waals surface area contributed by atoms with Gasteiger partial charge in [0.05, 0.1) is 0 Å². The lowest BCUT2D eigenvalue weighted by Crippen LogP contribution is -2.04. The van der Waals surface area contributed by atoms with Crippen LogP contribution in [0.25, 0.3) is 0 Å². The van der Waals surface area contributed by atoms with Gasteiger partial charge >= 0.3 is 0 Å². The summed E-state index contributed by atoms with van der Waals surface area (Å²) < 4.78 is 0. The summed E-state index contributed by atoms with van der Waals surface area (Å²) in [5.41, 5.74) is 0. The van der Waals surface area contributed by atoms with Crippen molar-refractivity contribution >= 4 is 0 Å². The first-order valence-electron chi connectivity index (χ1n) is 9.63. The van der Waals surface area contributed by atoms with Crippen molar-refractivity contribution in [3.63, 3.8) is 0 Å². The summed E-state index contributed by atoms with van der Waals surface area (Å²) in [6.07, 6.45) is 17.2. The summed E-state index contributed by atoms with van der Waals surface area (Å²) in [7, 11) is 0. The van der Waals surface area contributed by atoms with E-state index in [1.165, 1.54) is 77.0 Å². The summed E-state index contributed by atoms with van der Waals surface area (Å²) in [4.78, 5) is 0. The van der Waals surface area contributed by atoms with Crippen molar-refractivity contribution in [2.75, 3.05) is 0 Å². The zero-order valence-electron chi connectivity index (χ0n) is 15.2. The maximum atomic E-state index is 2.48. The third-order valence-corrected chi connectivity index (χ3v) is 5.06. The summed E-state index contributed by atoms with van der Waals surface area (Å²) in [6.45, 7) is 11.9. The van der Waals surface area contributed by atoms with Gasteiger partial charge < -0.3 is 0 Å². The van der Waals surface area contributed by atoms with Crippen molar-refractivity contribution in [2.45, 2.75) is 112 Å². The number of unbranched alkanes of at least 4 members (excludes halogenated alkanes) is 2. The molecular formula is C20H42. The van der Waals surface area contributed by atoms with Gasteiger partial charge in [0.2, 0.25) is 0 Å². The van der Waals surface area contributed by atoms with Gasteiger partial charge in [-0.3, -0.25) is 0 Å². The minimum absolute atomic E-state index is 0.948. The van der Waals surface area contributed by atoms with Gasteiger partial charge in [-0.05, 0) is 17.8 Å². The van der Waals surface area contributed by atoms with E-state index in [2.05, 4.69) is 34.6 Å². The van der Waals surface area contributed by atoms with E-state index in [0.29, 0.717) is 0 Å². The highest BCUT2D eigenvalue weighted by Crippen LogP contribution is 2.24. The molecule has 0 saturated heterocycles. The third-order valence-electron chi connectivity index (χ3n) is 5.06. The summed E-state index contributed by atoms with van der Waals surface area (Å²) in [5.74, 6) is 2.90. The molecule has 0 heteroatoms. The normalized spacial score (nSPS) is 16.1. The predicted octanol–water partition coefficient (Wildman–Crippen LogP) is 7.62. The molecule has 0 aromatic rings. The monoisotopic (exact) mass is 282 g/mol. The lowest BCUT2D eigenvalue weighted by atomic mass is 9.88. The zero-order chi connectivity index (χ0) is 15.2. The van der Waals surface area contributed by atoms with E-state index in [4.69, 9.17) is 0 Å². The molecule has 0 radical (unpaired) electrons. The fourth-order valence-corrected chi connectivity index (χ4v) is 3.22. The maximum Gasteiger partial charge on any atom is -0.0417 e. The Morgan fingerprint density at radius 1 is 0.550 bits per heavy atom. The van der Waals surface area contributed by atoms with Crippen LogP contribution in [0.5, 0.6) is 0 Å². The minimum atomic E-state index is 0.948. The molecule has 0 heterocycles. The first kappa shape index (κ1) is 20.0. The van der Waals surface area contributed by atoms with Crippen LogP contribution < -0.4 is 0 Å². The van der Waals surface area contributed by atoms with Crippen LogP contribution in [0.15, 0.2) is 0 Å². The first-order chi connectivity index (χ1) is 9.63. The SMILES string of the molecule is CCCCC(C)CCCC(C)CCC(CC)CCCC. The molecule has 3 unspecified atom stereocenters. The summed E-state index contributed by atoms with van der Waals surface area (Å²) in [5, 5.41) is 0. The predicted molar refractivity (Wildman–Crippen MR) is 94.2 cm³/mol. The fraction of sp³-hybridized carbons (Fsp3) is 1.00. The lowest BCUT2D eigenvalue weighted by Gasteiger charge is -2.18. The molecule has 0 aromatic carbocycles. The van der Waals surface area contributed by atoms with E-state index in [1.54, 1.807) is 0 Å². The van der Waals surface area contributed by atoms with E-state index in [9.17, 15) is 0 Å². The molecule has 20 heavy (non-hydrogen) atoms.